The lowest BCUT2D eigenvalue weighted by atomic mass is 9.66. The van der Waals surface area contributed by atoms with Gasteiger partial charge in [-0.25, -0.2) is 4.98 Å². The van der Waals surface area contributed by atoms with Crippen molar-refractivity contribution in [2.24, 2.45) is 17.3 Å². The summed E-state index contributed by atoms with van der Waals surface area (Å²) in [7, 11) is 0. The van der Waals surface area contributed by atoms with E-state index in [1.54, 1.807) is 18.2 Å². The number of alkyl halides is 3. The Morgan fingerprint density at radius 3 is 2.59 bits per heavy atom. The molecule has 3 aromatic rings. The molecule has 0 saturated carbocycles. The van der Waals surface area contributed by atoms with Gasteiger partial charge in [0.05, 0.1) is 11.1 Å². The third-order valence-electron chi connectivity index (χ3n) is 7.11. The highest BCUT2D eigenvalue weighted by Gasteiger charge is 2.41. The standard InChI is InChI=1S/C25H31F3N4/c1-5-24(14-16(2)3)15-32(13-12-17(24)4)21-11-10-19(25(26,27)28)23(29-21)22-18-8-6-7-9-20(18)30-31-22/h6-11,16-17H,5,12-15H2,1-4H3,(H,30,31). The molecular formula is C25H31F3N4. The first-order valence-corrected chi connectivity index (χ1v) is 11.4. The Balaban J connectivity index is 1.79. The van der Waals surface area contributed by atoms with E-state index in [1.165, 1.54) is 6.07 Å². The SMILES string of the molecule is CCC1(CC(C)C)CN(c2ccc(C(F)(F)F)c(-c3n[nH]c4ccccc34)n2)CCC1C. The van der Waals surface area contributed by atoms with Crippen LogP contribution in [0.1, 0.15) is 52.5 Å². The van der Waals surface area contributed by atoms with E-state index in [4.69, 9.17) is 0 Å². The number of nitrogens with one attached hydrogen (secondary N) is 1. The number of fused-ring (bicyclic) bond motifs is 1. The van der Waals surface area contributed by atoms with Crippen molar-refractivity contribution in [1.29, 1.82) is 0 Å². The van der Waals surface area contributed by atoms with Gasteiger partial charge in [-0.05, 0) is 54.7 Å². The van der Waals surface area contributed by atoms with Gasteiger partial charge in [-0.3, -0.25) is 5.10 Å². The summed E-state index contributed by atoms with van der Waals surface area (Å²) in [6.07, 6.45) is -1.37. The maximum Gasteiger partial charge on any atom is 0.418 e. The van der Waals surface area contributed by atoms with Crippen molar-refractivity contribution in [2.75, 3.05) is 18.0 Å². The second-order valence-electron chi connectivity index (χ2n) is 9.61. The average Bonchev–Trinajstić information content (AvgIpc) is 3.18. The summed E-state index contributed by atoms with van der Waals surface area (Å²) in [5, 5.41) is 7.70. The summed E-state index contributed by atoms with van der Waals surface area (Å²) in [6.45, 7) is 10.6. The van der Waals surface area contributed by atoms with E-state index in [0.29, 0.717) is 28.6 Å². The molecule has 7 heteroatoms. The normalized spacial score (nSPS) is 22.1. The number of rotatable bonds is 5. The molecule has 1 N–H and O–H groups in total. The summed E-state index contributed by atoms with van der Waals surface area (Å²) < 4.78 is 41.7. The minimum Gasteiger partial charge on any atom is -0.356 e. The number of H-pyrrole nitrogens is 1. The number of piperidine rings is 1. The molecule has 1 aliphatic heterocycles. The highest BCUT2D eigenvalue weighted by atomic mass is 19.4. The minimum atomic E-state index is -4.51. The van der Waals surface area contributed by atoms with Gasteiger partial charge in [-0.1, -0.05) is 45.9 Å². The topological polar surface area (TPSA) is 44.8 Å². The third-order valence-corrected chi connectivity index (χ3v) is 7.11. The van der Waals surface area contributed by atoms with E-state index < -0.39 is 11.7 Å². The van der Waals surface area contributed by atoms with Crippen molar-refractivity contribution in [2.45, 2.75) is 53.1 Å². The third kappa shape index (κ3) is 4.09. The molecule has 32 heavy (non-hydrogen) atoms. The summed E-state index contributed by atoms with van der Waals surface area (Å²) >= 11 is 0. The first-order chi connectivity index (χ1) is 15.1. The van der Waals surface area contributed by atoms with Crippen LogP contribution in [0.2, 0.25) is 0 Å². The Morgan fingerprint density at radius 1 is 1.16 bits per heavy atom. The zero-order chi connectivity index (χ0) is 23.1. The molecule has 0 aliphatic carbocycles. The Kier molecular flexibility index (Phi) is 5.94. The van der Waals surface area contributed by atoms with Crippen molar-refractivity contribution in [1.82, 2.24) is 15.2 Å². The Bertz CT molecular complexity index is 1090. The fraction of sp³-hybridized carbons (Fsp3) is 0.520. The van der Waals surface area contributed by atoms with E-state index in [0.717, 1.165) is 38.4 Å². The van der Waals surface area contributed by atoms with Crippen LogP contribution in [-0.4, -0.2) is 28.3 Å². The van der Waals surface area contributed by atoms with Crippen molar-refractivity contribution < 1.29 is 13.2 Å². The summed E-state index contributed by atoms with van der Waals surface area (Å²) in [4.78, 5) is 6.75. The van der Waals surface area contributed by atoms with Gasteiger partial charge in [0.1, 0.15) is 17.2 Å². The lowest BCUT2D eigenvalue weighted by molar-refractivity contribution is -0.137. The van der Waals surface area contributed by atoms with E-state index >= 15 is 0 Å². The molecule has 0 spiro atoms. The molecule has 1 fully saturated rings. The number of halogens is 3. The number of hydrogen-bond acceptors (Lipinski definition) is 3. The van der Waals surface area contributed by atoms with Crippen molar-refractivity contribution in [3.8, 4) is 11.4 Å². The van der Waals surface area contributed by atoms with Crippen LogP contribution < -0.4 is 4.90 Å². The Labute approximate surface area is 187 Å². The largest absolute Gasteiger partial charge is 0.418 e. The van der Waals surface area contributed by atoms with Crippen LogP contribution in [-0.2, 0) is 6.18 Å². The van der Waals surface area contributed by atoms with Gasteiger partial charge >= 0.3 is 6.18 Å². The molecule has 0 amide bonds. The predicted octanol–water partition coefficient (Wildman–Crippen LogP) is 6.93. The van der Waals surface area contributed by atoms with Gasteiger partial charge in [-0.2, -0.15) is 18.3 Å². The van der Waals surface area contributed by atoms with Crippen molar-refractivity contribution in [3.63, 3.8) is 0 Å². The van der Waals surface area contributed by atoms with Crippen molar-refractivity contribution >= 4 is 16.7 Å². The van der Waals surface area contributed by atoms with E-state index in [1.807, 2.05) is 6.07 Å². The first kappa shape index (κ1) is 22.6. The molecule has 1 aromatic carbocycles. The number of para-hydroxylation sites is 1. The second kappa shape index (κ2) is 8.41. The molecule has 4 nitrogen and oxygen atoms in total. The minimum absolute atomic E-state index is 0.114. The zero-order valence-corrected chi connectivity index (χ0v) is 19.1. The Hall–Kier alpha value is -2.57. The van der Waals surface area contributed by atoms with Crippen LogP contribution in [0, 0.1) is 17.3 Å². The molecule has 0 radical (unpaired) electrons. The summed E-state index contributed by atoms with van der Waals surface area (Å²) in [5.74, 6) is 1.72. The maximum atomic E-state index is 13.9. The molecule has 0 bridgehead atoms. The first-order valence-electron chi connectivity index (χ1n) is 11.4. The van der Waals surface area contributed by atoms with Gasteiger partial charge in [0.25, 0.3) is 0 Å². The molecule has 3 heterocycles. The number of anilines is 1. The van der Waals surface area contributed by atoms with Crippen molar-refractivity contribution in [3.05, 3.63) is 42.0 Å². The molecule has 172 valence electrons. The smallest absolute Gasteiger partial charge is 0.356 e. The van der Waals surface area contributed by atoms with E-state index in [2.05, 4.69) is 47.8 Å². The molecule has 2 unspecified atom stereocenters. The average molecular weight is 445 g/mol. The molecule has 1 saturated heterocycles. The second-order valence-corrected chi connectivity index (χ2v) is 9.61. The zero-order valence-electron chi connectivity index (χ0n) is 19.1. The highest BCUT2D eigenvalue weighted by molar-refractivity contribution is 5.92. The van der Waals surface area contributed by atoms with Crippen LogP contribution in [0.25, 0.3) is 22.3 Å². The summed E-state index contributed by atoms with van der Waals surface area (Å²) in [5.41, 5.74) is 0.196. The number of hydrogen-bond donors (Lipinski definition) is 1. The van der Waals surface area contributed by atoms with Gasteiger partial charge < -0.3 is 4.90 Å². The van der Waals surface area contributed by atoms with Gasteiger partial charge in [0.2, 0.25) is 0 Å². The van der Waals surface area contributed by atoms with Gasteiger partial charge in [0.15, 0.2) is 0 Å². The predicted molar refractivity (Wildman–Crippen MR) is 122 cm³/mol. The number of pyridine rings is 1. The van der Waals surface area contributed by atoms with Gasteiger partial charge in [-0.15, -0.1) is 0 Å². The molecule has 2 aromatic heterocycles. The van der Waals surface area contributed by atoms with Crippen LogP contribution in [0.4, 0.5) is 19.0 Å². The fourth-order valence-corrected chi connectivity index (χ4v) is 5.33. The fourth-order valence-electron chi connectivity index (χ4n) is 5.33. The van der Waals surface area contributed by atoms with E-state index in [9.17, 15) is 13.2 Å². The molecule has 1 aliphatic rings. The number of aromatic nitrogens is 3. The molecule has 4 rings (SSSR count). The summed E-state index contributed by atoms with van der Waals surface area (Å²) in [6, 6.07) is 9.88. The highest BCUT2D eigenvalue weighted by Crippen LogP contribution is 2.45. The van der Waals surface area contributed by atoms with Gasteiger partial charge in [0, 0.05) is 18.5 Å². The number of aromatic amines is 1. The maximum absolute atomic E-state index is 13.9. The lowest BCUT2D eigenvalue weighted by Gasteiger charge is -2.48. The number of benzene rings is 1. The van der Waals surface area contributed by atoms with Crippen LogP contribution in [0.3, 0.4) is 0 Å². The van der Waals surface area contributed by atoms with Crippen LogP contribution >= 0.6 is 0 Å². The van der Waals surface area contributed by atoms with Crippen LogP contribution in [0.5, 0.6) is 0 Å². The van der Waals surface area contributed by atoms with Crippen LogP contribution in [0.15, 0.2) is 36.4 Å². The quantitative estimate of drug-likeness (QED) is 0.464. The Morgan fingerprint density at radius 2 is 1.91 bits per heavy atom. The monoisotopic (exact) mass is 444 g/mol. The van der Waals surface area contributed by atoms with E-state index in [-0.39, 0.29) is 16.8 Å². The number of nitrogens with zero attached hydrogens (tertiary/aromatic N) is 3. The molecular weight excluding hydrogens is 413 g/mol. The lowest BCUT2D eigenvalue weighted by Crippen LogP contribution is -2.48. The molecule has 2 atom stereocenters.